The number of nitrogens with zero attached hydrogens (tertiary/aromatic N) is 2. The summed E-state index contributed by atoms with van der Waals surface area (Å²) < 4.78 is 11.1. The molecule has 4 nitrogen and oxygen atoms in total. The Hall–Kier alpha value is -2.28. The van der Waals surface area contributed by atoms with Gasteiger partial charge in [0.1, 0.15) is 13.2 Å². The first-order valence-corrected chi connectivity index (χ1v) is 5.93. The predicted octanol–water partition coefficient (Wildman–Crippen LogP) is 2.46. The largest absolute Gasteiger partial charge is 0.486 e. The number of nitriles is 1. The van der Waals surface area contributed by atoms with Crippen LogP contribution in [0.5, 0.6) is 11.5 Å². The molecule has 1 aromatic heterocycles. The van der Waals surface area contributed by atoms with Gasteiger partial charge in [0.25, 0.3) is 0 Å². The van der Waals surface area contributed by atoms with Crippen molar-refractivity contribution in [3.63, 3.8) is 0 Å². The van der Waals surface area contributed by atoms with Crippen LogP contribution in [0.1, 0.15) is 12.1 Å². The Morgan fingerprint density at radius 3 is 2.72 bits per heavy atom. The number of fused-ring (bicyclic) bond motifs is 2. The van der Waals surface area contributed by atoms with E-state index in [-0.39, 0.29) is 0 Å². The molecule has 18 heavy (non-hydrogen) atoms. The van der Waals surface area contributed by atoms with Gasteiger partial charge in [-0.25, -0.2) is 0 Å². The minimum absolute atomic E-state index is 0.489. The van der Waals surface area contributed by atoms with E-state index in [0.29, 0.717) is 26.1 Å². The van der Waals surface area contributed by atoms with Crippen LogP contribution >= 0.6 is 0 Å². The molecule has 4 heteroatoms. The van der Waals surface area contributed by atoms with Crippen molar-refractivity contribution in [3.05, 3.63) is 30.0 Å². The molecule has 2 heterocycles. The SMILES string of the molecule is N#CCCc1ccc2cc3c(cc2n1)OCCO3. The highest BCUT2D eigenvalue weighted by molar-refractivity contribution is 5.82. The second kappa shape index (κ2) is 4.53. The topological polar surface area (TPSA) is 55.1 Å². The predicted molar refractivity (Wildman–Crippen MR) is 66.7 cm³/mol. The molecule has 0 N–H and O–H groups in total. The van der Waals surface area contributed by atoms with Gasteiger partial charge in [-0.3, -0.25) is 4.98 Å². The van der Waals surface area contributed by atoms with Crippen LogP contribution in [0.2, 0.25) is 0 Å². The zero-order valence-electron chi connectivity index (χ0n) is 9.85. The van der Waals surface area contributed by atoms with Crippen molar-refractivity contribution in [1.82, 2.24) is 4.98 Å². The number of rotatable bonds is 2. The summed E-state index contributed by atoms with van der Waals surface area (Å²) in [4.78, 5) is 4.53. The van der Waals surface area contributed by atoms with E-state index < -0.39 is 0 Å². The molecule has 1 aromatic carbocycles. The van der Waals surface area contributed by atoms with Crippen molar-refractivity contribution < 1.29 is 9.47 Å². The number of hydrogen-bond acceptors (Lipinski definition) is 4. The van der Waals surface area contributed by atoms with Gasteiger partial charge in [0.2, 0.25) is 0 Å². The number of aromatic nitrogens is 1. The summed E-state index contributed by atoms with van der Waals surface area (Å²) in [5.74, 6) is 1.53. The number of hydrogen-bond donors (Lipinski definition) is 0. The van der Waals surface area contributed by atoms with Crippen molar-refractivity contribution in [3.8, 4) is 17.6 Å². The standard InChI is InChI=1S/C14H12N2O2/c15-5-1-2-11-4-3-10-8-13-14(9-12(10)16-11)18-7-6-17-13/h3-4,8-9H,1-2,6-7H2. The minimum Gasteiger partial charge on any atom is -0.486 e. The molecule has 0 atom stereocenters. The van der Waals surface area contributed by atoms with E-state index in [1.54, 1.807) is 0 Å². The number of ether oxygens (including phenoxy) is 2. The van der Waals surface area contributed by atoms with Gasteiger partial charge in [0.15, 0.2) is 11.5 Å². The molecule has 2 aromatic rings. The zero-order chi connectivity index (χ0) is 12.4. The fourth-order valence-corrected chi connectivity index (χ4v) is 2.03. The Kier molecular flexibility index (Phi) is 2.73. The van der Waals surface area contributed by atoms with Gasteiger partial charge in [-0.1, -0.05) is 6.07 Å². The first-order valence-electron chi connectivity index (χ1n) is 5.93. The minimum atomic E-state index is 0.489. The number of aryl methyl sites for hydroxylation is 1. The van der Waals surface area contributed by atoms with Gasteiger partial charge in [0.05, 0.1) is 11.6 Å². The molecule has 1 aliphatic rings. The van der Waals surface area contributed by atoms with Crippen molar-refractivity contribution >= 4 is 10.9 Å². The Bertz CT molecular complexity index is 631. The van der Waals surface area contributed by atoms with Crippen molar-refractivity contribution in [2.24, 2.45) is 0 Å². The van der Waals surface area contributed by atoms with Crippen LogP contribution in [-0.4, -0.2) is 18.2 Å². The van der Waals surface area contributed by atoms with E-state index in [9.17, 15) is 0 Å². The normalized spacial score (nSPS) is 13.3. The Labute approximate surface area is 105 Å². The third-order valence-corrected chi connectivity index (χ3v) is 2.90. The average molecular weight is 240 g/mol. The second-order valence-corrected chi connectivity index (χ2v) is 4.15. The van der Waals surface area contributed by atoms with E-state index in [1.165, 1.54) is 0 Å². The first kappa shape index (κ1) is 10.8. The number of pyridine rings is 1. The maximum atomic E-state index is 8.58. The fourth-order valence-electron chi connectivity index (χ4n) is 2.03. The lowest BCUT2D eigenvalue weighted by molar-refractivity contribution is 0.172. The summed E-state index contributed by atoms with van der Waals surface area (Å²) in [5, 5.41) is 9.61. The third kappa shape index (κ3) is 1.95. The molecule has 0 saturated carbocycles. The molecule has 0 saturated heterocycles. The highest BCUT2D eigenvalue weighted by atomic mass is 16.6. The molecule has 0 unspecified atom stereocenters. The molecular formula is C14H12N2O2. The smallest absolute Gasteiger partial charge is 0.163 e. The van der Waals surface area contributed by atoms with Crippen LogP contribution < -0.4 is 9.47 Å². The van der Waals surface area contributed by atoms with Gasteiger partial charge in [-0.2, -0.15) is 5.26 Å². The van der Waals surface area contributed by atoms with Crippen LogP contribution in [0.15, 0.2) is 24.3 Å². The van der Waals surface area contributed by atoms with E-state index in [0.717, 1.165) is 28.1 Å². The molecule has 0 fully saturated rings. The summed E-state index contributed by atoms with van der Waals surface area (Å²) in [6.45, 7) is 1.17. The monoisotopic (exact) mass is 240 g/mol. The quantitative estimate of drug-likeness (QED) is 0.809. The van der Waals surface area contributed by atoms with E-state index in [2.05, 4.69) is 11.1 Å². The van der Waals surface area contributed by atoms with Crippen LogP contribution in [0, 0.1) is 11.3 Å². The number of benzene rings is 1. The molecule has 1 aliphatic heterocycles. The van der Waals surface area contributed by atoms with Crippen molar-refractivity contribution in [2.45, 2.75) is 12.8 Å². The van der Waals surface area contributed by atoms with Gasteiger partial charge in [-0.15, -0.1) is 0 Å². The Balaban J connectivity index is 2.03. The lowest BCUT2D eigenvalue weighted by Gasteiger charge is -2.18. The Morgan fingerprint density at radius 2 is 1.94 bits per heavy atom. The molecule has 0 radical (unpaired) electrons. The van der Waals surface area contributed by atoms with Crippen LogP contribution in [0.4, 0.5) is 0 Å². The molecule has 0 amide bonds. The summed E-state index contributed by atoms with van der Waals surface area (Å²) in [5.41, 5.74) is 1.82. The highest BCUT2D eigenvalue weighted by Gasteiger charge is 2.13. The van der Waals surface area contributed by atoms with Gasteiger partial charge < -0.3 is 9.47 Å². The van der Waals surface area contributed by atoms with Gasteiger partial charge in [0, 0.05) is 30.0 Å². The lowest BCUT2D eigenvalue weighted by Crippen LogP contribution is -2.15. The maximum Gasteiger partial charge on any atom is 0.163 e. The fraction of sp³-hybridized carbons (Fsp3) is 0.286. The van der Waals surface area contributed by atoms with Crippen molar-refractivity contribution in [2.75, 3.05) is 13.2 Å². The summed E-state index contributed by atoms with van der Waals surface area (Å²) >= 11 is 0. The zero-order valence-corrected chi connectivity index (χ0v) is 9.85. The second-order valence-electron chi connectivity index (χ2n) is 4.15. The lowest BCUT2D eigenvalue weighted by atomic mass is 10.1. The molecule has 3 rings (SSSR count). The highest BCUT2D eigenvalue weighted by Crippen LogP contribution is 2.33. The van der Waals surface area contributed by atoms with E-state index >= 15 is 0 Å². The molecule has 0 spiro atoms. The van der Waals surface area contributed by atoms with Gasteiger partial charge in [-0.05, 0) is 12.1 Å². The molecule has 0 bridgehead atoms. The van der Waals surface area contributed by atoms with Crippen LogP contribution in [0.25, 0.3) is 10.9 Å². The summed E-state index contributed by atoms with van der Waals surface area (Å²) in [6.07, 6.45) is 1.17. The van der Waals surface area contributed by atoms with Crippen molar-refractivity contribution in [1.29, 1.82) is 5.26 Å². The molecule has 0 aliphatic carbocycles. The average Bonchev–Trinajstić information content (AvgIpc) is 2.42. The summed E-state index contributed by atoms with van der Waals surface area (Å²) in [6, 6.07) is 9.94. The van der Waals surface area contributed by atoms with Crippen LogP contribution in [-0.2, 0) is 6.42 Å². The van der Waals surface area contributed by atoms with Crippen LogP contribution in [0.3, 0.4) is 0 Å². The first-order chi connectivity index (χ1) is 8.86. The third-order valence-electron chi connectivity index (χ3n) is 2.90. The van der Waals surface area contributed by atoms with E-state index in [4.69, 9.17) is 14.7 Å². The molecular weight excluding hydrogens is 228 g/mol. The summed E-state index contributed by atoms with van der Waals surface area (Å²) in [7, 11) is 0. The Morgan fingerprint density at radius 1 is 1.17 bits per heavy atom. The van der Waals surface area contributed by atoms with Gasteiger partial charge >= 0.3 is 0 Å². The maximum absolute atomic E-state index is 8.58. The molecule has 90 valence electrons. The van der Waals surface area contributed by atoms with E-state index in [1.807, 2.05) is 24.3 Å².